The molecule has 150 valence electrons. The molecule has 1 atom stereocenters. The summed E-state index contributed by atoms with van der Waals surface area (Å²) in [4.78, 5) is 11.6. The zero-order chi connectivity index (χ0) is 19.5. The largest absolute Gasteiger partial charge is 0.371 e. The highest BCUT2D eigenvalue weighted by atomic mass is 15.1. The Balaban J connectivity index is 1.21. The maximum absolute atomic E-state index is 4.52. The average Bonchev–Trinajstić information content (AvgIpc) is 3.49. The number of anilines is 1. The molecule has 0 aliphatic carbocycles. The molecule has 0 radical (unpaired) electrons. The molecule has 2 aromatic rings. The van der Waals surface area contributed by atoms with Crippen LogP contribution in [0.4, 0.5) is 5.69 Å². The van der Waals surface area contributed by atoms with Gasteiger partial charge in [0.15, 0.2) is 0 Å². The number of nitrogens with zero attached hydrogens (tertiary/aromatic N) is 3. The molecule has 2 aromatic carbocycles. The molecule has 0 aromatic heterocycles. The van der Waals surface area contributed by atoms with Crippen LogP contribution >= 0.6 is 0 Å². The van der Waals surface area contributed by atoms with Gasteiger partial charge in [0, 0.05) is 43.0 Å². The van der Waals surface area contributed by atoms with Gasteiger partial charge >= 0.3 is 0 Å². The van der Waals surface area contributed by atoms with Crippen molar-refractivity contribution in [2.45, 2.75) is 19.3 Å². The van der Waals surface area contributed by atoms with Gasteiger partial charge in [-0.2, -0.15) is 0 Å². The zero-order valence-electron chi connectivity index (χ0n) is 16.9. The van der Waals surface area contributed by atoms with Crippen LogP contribution in [0.3, 0.4) is 0 Å². The minimum Gasteiger partial charge on any atom is -0.371 e. The molecular formula is C24H29N5. The monoisotopic (exact) mass is 387 g/mol. The van der Waals surface area contributed by atoms with Crippen LogP contribution in [-0.2, 0) is 6.42 Å². The Labute approximate surface area is 173 Å². The van der Waals surface area contributed by atoms with Crippen LogP contribution in [0.1, 0.15) is 29.5 Å². The van der Waals surface area contributed by atoms with Crippen molar-refractivity contribution in [3.8, 4) is 0 Å². The van der Waals surface area contributed by atoms with Crippen LogP contribution in [0.5, 0.6) is 0 Å². The fourth-order valence-electron chi connectivity index (χ4n) is 4.61. The molecule has 2 N–H and O–H groups in total. The maximum Gasteiger partial charge on any atom is 0.128 e. The van der Waals surface area contributed by atoms with Crippen LogP contribution in [-0.4, -0.2) is 50.9 Å². The molecule has 3 aliphatic heterocycles. The topological polar surface area (TPSA) is 52.0 Å². The Kier molecular flexibility index (Phi) is 5.20. The predicted molar refractivity (Wildman–Crippen MR) is 120 cm³/mol. The highest BCUT2D eigenvalue weighted by Crippen LogP contribution is 2.26. The van der Waals surface area contributed by atoms with Gasteiger partial charge in [-0.3, -0.25) is 9.98 Å². The Morgan fingerprint density at radius 2 is 1.45 bits per heavy atom. The Hall–Kier alpha value is -2.82. The third-order valence-corrected chi connectivity index (χ3v) is 6.12. The van der Waals surface area contributed by atoms with Gasteiger partial charge in [-0.25, -0.2) is 0 Å². The van der Waals surface area contributed by atoms with Crippen LogP contribution in [0, 0.1) is 5.92 Å². The van der Waals surface area contributed by atoms with E-state index in [1.165, 1.54) is 35.2 Å². The van der Waals surface area contributed by atoms with E-state index < -0.39 is 0 Å². The maximum atomic E-state index is 4.52. The van der Waals surface area contributed by atoms with E-state index in [1.54, 1.807) is 0 Å². The first-order valence-corrected chi connectivity index (χ1v) is 10.9. The molecule has 0 saturated carbocycles. The summed E-state index contributed by atoms with van der Waals surface area (Å²) in [5.41, 5.74) is 5.16. The van der Waals surface area contributed by atoms with Crippen molar-refractivity contribution in [1.29, 1.82) is 0 Å². The highest BCUT2D eigenvalue weighted by Gasteiger charge is 2.21. The lowest BCUT2D eigenvalue weighted by Gasteiger charge is -2.34. The van der Waals surface area contributed by atoms with Crippen LogP contribution in [0.2, 0.25) is 0 Å². The molecule has 0 bridgehead atoms. The van der Waals surface area contributed by atoms with Gasteiger partial charge in [-0.05, 0) is 55.0 Å². The summed E-state index contributed by atoms with van der Waals surface area (Å²) in [7, 11) is 0. The van der Waals surface area contributed by atoms with E-state index in [0.717, 1.165) is 57.4 Å². The van der Waals surface area contributed by atoms with E-state index in [0.29, 0.717) is 5.92 Å². The summed E-state index contributed by atoms with van der Waals surface area (Å²) >= 11 is 0. The van der Waals surface area contributed by atoms with Crippen LogP contribution in [0.15, 0.2) is 58.5 Å². The molecule has 1 fully saturated rings. The molecule has 5 heteroatoms. The SMILES string of the molecule is c1cc(C2=NCCN2)ccc1CC1CCCN(c2ccc(C3=NCCN3)cc2)C1. The second-order valence-corrected chi connectivity index (χ2v) is 8.22. The fourth-order valence-corrected chi connectivity index (χ4v) is 4.61. The van der Waals surface area contributed by atoms with E-state index in [-0.39, 0.29) is 0 Å². The summed E-state index contributed by atoms with van der Waals surface area (Å²) in [6.07, 6.45) is 3.72. The van der Waals surface area contributed by atoms with Crippen molar-refractivity contribution in [3.63, 3.8) is 0 Å². The van der Waals surface area contributed by atoms with E-state index in [9.17, 15) is 0 Å². The normalized spacial score (nSPS) is 21.4. The van der Waals surface area contributed by atoms with Crippen molar-refractivity contribution in [1.82, 2.24) is 10.6 Å². The second kappa shape index (κ2) is 8.27. The Morgan fingerprint density at radius 3 is 2.03 bits per heavy atom. The smallest absolute Gasteiger partial charge is 0.128 e. The van der Waals surface area contributed by atoms with E-state index in [2.05, 4.69) is 74.0 Å². The molecule has 5 nitrogen and oxygen atoms in total. The summed E-state index contributed by atoms with van der Waals surface area (Å²) in [6.45, 7) is 5.97. The molecule has 5 rings (SSSR count). The minimum atomic E-state index is 0.706. The minimum absolute atomic E-state index is 0.706. The van der Waals surface area contributed by atoms with Gasteiger partial charge in [0.1, 0.15) is 11.7 Å². The van der Waals surface area contributed by atoms with Crippen LogP contribution in [0.25, 0.3) is 0 Å². The third kappa shape index (κ3) is 4.14. The molecule has 3 aliphatic rings. The van der Waals surface area contributed by atoms with Crippen molar-refractivity contribution in [2.75, 3.05) is 44.2 Å². The molecule has 3 heterocycles. The third-order valence-electron chi connectivity index (χ3n) is 6.12. The second-order valence-electron chi connectivity index (χ2n) is 8.22. The first kappa shape index (κ1) is 18.2. The Morgan fingerprint density at radius 1 is 0.828 bits per heavy atom. The molecule has 29 heavy (non-hydrogen) atoms. The molecule has 1 unspecified atom stereocenters. The number of aliphatic imine (C=N–C) groups is 2. The fraction of sp³-hybridized carbons (Fsp3) is 0.417. The van der Waals surface area contributed by atoms with Crippen molar-refractivity contribution in [2.24, 2.45) is 15.9 Å². The molecule has 1 saturated heterocycles. The lowest BCUT2D eigenvalue weighted by atomic mass is 9.90. The summed E-state index contributed by atoms with van der Waals surface area (Å²) in [5, 5.41) is 6.70. The number of piperidine rings is 1. The highest BCUT2D eigenvalue weighted by molar-refractivity contribution is 6.00. The zero-order valence-corrected chi connectivity index (χ0v) is 16.9. The molecule has 0 amide bonds. The van der Waals surface area contributed by atoms with Gasteiger partial charge < -0.3 is 15.5 Å². The number of hydrogen-bond acceptors (Lipinski definition) is 5. The lowest BCUT2D eigenvalue weighted by molar-refractivity contribution is 0.413. The van der Waals surface area contributed by atoms with E-state index >= 15 is 0 Å². The number of hydrogen-bond donors (Lipinski definition) is 2. The standard InChI is InChI=1S/C24H29N5/c1-2-19(16-18-3-5-20(6-4-18)23-25-11-12-26-23)17-29(15-1)22-9-7-21(8-10-22)24-27-13-14-28-24/h3-10,19H,1-2,11-17H2,(H,25,26)(H,27,28). The average molecular weight is 388 g/mol. The summed E-state index contributed by atoms with van der Waals surface area (Å²) in [6, 6.07) is 17.9. The van der Waals surface area contributed by atoms with Crippen molar-refractivity contribution in [3.05, 3.63) is 65.2 Å². The predicted octanol–water partition coefficient (Wildman–Crippen LogP) is 2.85. The molecular weight excluding hydrogens is 358 g/mol. The van der Waals surface area contributed by atoms with Gasteiger partial charge in [0.25, 0.3) is 0 Å². The lowest BCUT2D eigenvalue weighted by Crippen LogP contribution is -2.36. The van der Waals surface area contributed by atoms with Gasteiger partial charge in [-0.1, -0.05) is 24.3 Å². The van der Waals surface area contributed by atoms with E-state index in [4.69, 9.17) is 0 Å². The number of benzene rings is 2. The van der Waals surface area contributed by atoms with Gasteiger partial charge in [-0.15, -0.1) is 0 Å². The first-order chi connectivity index (χ1) is 14.3. The van der Waals surface area contributed by atoms with Crippen molar-refractivity contribution >= 4 is 17.4 Å². The number of rotatable bonds is 5. The van der Waals surface area contributed by atoms with Gasteiger partial charge in [0.2, 0.25) is 0 Å². The number of nitrogens with one attached hydrogen (secondary N) is 2. The summed E-state index contributed by atoms with van der Waals surface area (Å²) < 4.78 is 0. The van der Waals surface area contributed by atoms with Crippen LogP contribution < -0.4 is 15.5 Å². The first-order valence-electron chi connectivity index (χ1n) is 10.9. The van der Waals surface area contributed by atoms with Crippen molar-refractivity contribution < 1.29 is 0 Å². The van der Waals surface area contributed by atoms with Gasteiger partial charge in [0.05, 0.1) is 13.1 Å². The quantitative estimate of drug-likeness (QED) is 0.830. The molecule has 0 spiro atoms. The Bertz CT molecular complexity index is 898. The summed E-state index contributed by atoms with van der Waals surface area (Å²) in [5.74, 6) is 2.79. The number of amidine groups is 2. The van der Waals surface area contributed by atoms with E-state index in [1.807, 2.05) is 0 Å².